The van der Waals surface area contributed by atoms with Crippen molar-refractivity contribution < 1.29 is 19.4 Å². The minimum absolute atomic E-state index is 0.174. The number of aliphatic carboxylic acids is 1. The third-order valence-electron chi connectivity index (χ3n) is 4.45. The summed E-state index contributed by atoms with van der Waals surface area (Å²) in [5.74, 6) is -0.916. The lowest BCUT2D eigenvalue weighted by Gasteiger charge is -2.47. The summed E-state index contributed by atoms with van der Waals surface area (Å²) in [6.45, 7) is 9.76. The highest BCUT2D eigenvalue weighted by atomic mass is 16.5. The number of carboxylic acids is 1. The van der Waals surface area contributed by atoms with Crippen LogP contribution in [0.4, 0.5) is 4.79 Å². The van der Waals surface area contributed by atoms with E-state index < -0.39 is 17.4 Å². The second-order valence-corrected chi connectivity index (χ2v) is 7.34. The lowest BCUT2D eigenvalue weighted by molar-refractivity contribution is -0.149. The molecule has 0 aromatic heterocycles. The molecule has 2 aliphatic heterocycles. The molecule has 0 spiro atoms. The van der Waals surface area contributed by atoms with Crippen LogP contribution in [0.1, 0.15) is 40.5 Å². The van der Waals surface area contributed by atoms with Crippen molar-refractivity contribution in [3.05, 3.63) is 0 Å². The molecule has 120 valence electrons. The van der Waals surface area contributed by atoms with Gasteiger partial charge in [0.25, 0.3) is 0 Å². The largest absolute Gasteiger partial charge is 0.480 e. The summed E-state index contributed by atoms with van der Waals surface area (Å²) < 4.78 is 5.62. The van der Waals surface area contributed by atoms with Gasteiger partial charge in [0, 0.05) is 13.1 Å². The van der Waals surface area contributed by atoms with Gasteiger partial charge in [0.05, 0.1) is 18.8 Å². The Labute approximate surface area is 126 Å². The van der Waals surface area contributed by atoms with Gasteiger partial charge in [0.1, 0.15) is 6.04 Å². The average Bonchev–Trinajstić information content (AvgIpc) is 2.34. The van der Waals surface area contributed by atoms with Crippen molar-refractivity contribution in [2.24, 2.45) is 5.41 Å². The predicted octanol–water partition coefficient (Wildman–Crippen LogP) is 1.79. The third kappa shape index (κ3) is 3.31. The first kappa shape index (κ1) is 16.1. The molecule has 1 unspecified atom stereocenters. The monoisotopic (exact) mass is 298 g/mol. The molecule has 0 aromatic carbocycles. The minimum Gasteiger partial charge on any atom is -0.480 e. The van der Waals surface area contributed by atoms with E-state index in [4.69, 9.17) is 4.74 Å². The average molecular weight is 298 g/mol. The number of hydrogen-bond donors (Lipinski definition) is 1. The van der Waals surface area contributed by atoms with Gasteiger partial charge >= 0.3 is 12.0 Å². The smallest absolute Gasteiger partial charge is 0.327 e. The lowest BCUT2D eigenvalue weighted by Crippen LogP contribution is -2.62. The summed E-state index contributed by atoms with van der Waals surface area (Å²) in [6, 6.07) is -0.934. The number of likely N-dealkylation sites (tertiary alicyclic amines) is 1. The lowest BCUT2D eigenvalue weighted by atomic mass is 9.76. The predicted molar refractivity (Wildman–Crippen MR) is 78.1 cm³/mol. The van der Waals surface area contributed by atoms with Crippen molar-refractivity contribution in [3.8, 4) is 0 Å². The molecule has 21 heavy (non-hydrogen) atoms. The molecule has 2 aliphatic rings. The number of rotatable bonds is 1. The van der Waals surface area contributed by atoms with Crippen LogP contribution in [0.25, 0.3) is 0 Å². The highest BCUT2D eigenvalue weighted by Gasteiger charge is 2.46. The Bertz CT molecular complexity index is 433. The molecule has 6 nitrogen and oxygen atoms in total. The van der Waals surface area contributed by atoms with E-state index in [1.54, 1.807) is 4.90 Å². The standard InChI is InChI=1S/C15H26N2O4/c1-14(2)6-5-7-17(11(14)12(18)19)13(20)16-8-9-21-15(3,4)10-16/h11H,5-10H2,1-4H3,(H,18,19). The van der Waals surface area contributed by atoms with Crippen LogP contribution in [0.15, 0.2) is 0 Å². The third-order valence-corrected chi connectivity index (χ3v) is 4.45. The fourth-order valence-electron chi connectivity index (χ4n) is 3.43. The van der Waals surface area contributed by atoms with E-state index in [2.05, 4.69) is 0 Å². The molecule has 0 aliphatic carbocycles. The van der Waals surface area contributed by atoms with Gasteiger partial charge in [-0.15, -0.1) is 0 Å². The Morgan fingerprint density at radius 2 is 1.86 bits per heavy atom. The van der Waals surface area contributed by atoms with Gasteiger partial charge in [0.15, 0.2) is 0 Å². The van der Waals surface area contributed by atoms with Crippen LogP contribution in [0.5, 0.6) is 0 Å². The summed E-state index contributed by atoms with van der Waals surface area (Å²) >= 11 is 0. The summed E-state index contributed by atoms with van der Waals surface area (Å²) in [5, 5.41) is 9.56. The fraction of sp³-hybridized carbons (Fsp3) is 0.867. The first-order chi connectivity index (χ1) is 9.64. The highest BCUT2D eigenvalue weighted by Crippen LogP contribution is 2.36. The number of urea groups is 1. The van der Waals surface area contributed by atoms with E-state index in [0.29, 0.717) is 26.2 Å². The van der Waals surface area contributed by atoms with Gasteiger partial charge in [0.2, 0.25) is 0 Å². The van der Waals surface area contributed by atoms with E-state index in [1.807, 2.05) is 27.7 Å². The van der Waals surface area contributed by atoms with Crippen LogP contribution in [-0.2, 0) is 9.53 Å². The maximum atomic E-state index is 12.8. The highest BCUT2D eigenvalue weighted by molar-refractivity contribution is 5.83. The van der Waals surface area contributed by atoms with Crippen LogP contribution in [0, 0.1) is 5.41 Å². The Kier molecular flexibility index (Phi) is 4.19. The van der Waals surface area contributed by atoms with Crippen LogP contribution < -0.4 is 0 Å². The van der Waals surface area contributed by atoms with E-state index in [0.717, 1.165) is 12.8 Å². The van der Waals surface area contributed by atoms with Crippen LogP contribution in [0.2, 0.25) is 0 Å². The number of carboxylic acid groups (broad SMARTS) is 1. The van der Waals surface area contributed by atoms with Crippen molar-refractivity contribution in [2.45, 2.75) is 52.2 Å². The van der Waals surface area contributed by atoms with Gasteiger partial charge in [-0.1, -0.05) is 13.8 Å². The molecule has 0 radical (unpaired) electrons. The molecule has 2 heterocycles. The Hall–Kier alpha value is -1.30. The normalized spacial score (nSPS) is 28.3. The van der Waals surface area contributed by atoms with E-state index >= 15 is 0 Å². The Morgan fingerprint density at radius 1 is 1.19 bits per heavy atom. The number of piperidine rings is 1. The van der Waals surface area contributed by atoms with Gasteiger partial charge < -0.3 is 19.6 Å². The maximum absolute atomic E-state index is 12.8. The Morgan fingerprint density at radius 3 is 2.43 bits per heavy atom. The van der Waals surface area contributed by atoms with Crippen LogP contribution >= 0.6 is 0 Å². The van der Waals surface area contributed by atoms with Crippen LogP contribution in [-0.4, -0.2) is 64.8 Å². The zero-order valence-electron chi connectivity index (χ0n) is 13.4. The molecule has 2 saturated heterocycles. The van der Waals surface area contributed by atoms with E-state index in [9.17, 15) is 14.7 Å². The molecule has 1 atom stereocenters. The maximum Gasteiger partial charge on any atom is 0.327 e. The molecule has 2 amide bonds. The zero-order valence-corrected chi connectivity index (χ0v) is 13.4. The summed E-state index contributed by atoms with van der Waals surface area (Å²) in [6.07, 6.45) is 1.67. The molecule has 6 heteroatoms. The van der Waals surface area contributed by atoms with Crippen molar-refractivity contribution in [1.29, 1.82) is 0 Å². The topological polar surface area (TPSA) is 70.1 Å². The number of carbonyl (C=O) groups is 2. The second kappa shape index (κ2) is 5.48. The summed E-state index contributed by atoms with van der Waals surface area (Å²) in [5.41, 5.74) is -0.778. The molecular weight excluding hydrogens is 272 g/mol. The SMILES string of the molecule is CC1(C)CN(C(=O)N2CCCC(C)(C)C2C(=O)O)CCO1. The molecule has 0 saturated carbocycles. The quantitative estimate of drug-likeness (QED) is 0.801. The second-order valence-electron chi connectivity index (χ2n) is 7.34. The number of carbonyl (C=O) groups excluding carboxylic acids is 1. The van der Waals surface area contributed by atoms with Crippen molar-refractivity contribution in [2.75, 3.05) is 26.2 Å². The van der Waals surface area contributed by atoms with Gasteiger partial charge in [-0.3, -0.25) is 0 Å². The van der Waals surface area contributed by atoms with E-state index in [1.165, 1.54) is 4.90 Å². The van der Waals surface area contributed by atoms with E-state index in [-0.39, 0.29) is 11.6 Å². The molecule has 1 N–H and O–H groups in total. The van der Waals surface area contributed by atoms with Gasteiger partial charge in [-0.25, -0.2) is 9.59 Å². The Balaban J connectivity index is 2.18. The molecule has 0 bridgehead atoms. The fourth-order valence-corrected chi connectivity index (χ4v) is 3.43. The molecule has 0 aromatic rings. The summed E-state index contributed by atoms with van der Waals surface area (Å²) in [4.78, 5) is 27.7. The number of ether oxygens (including phenoxy) is 1. The number of hydrogen-bond acceptors (Lipinski definition) is 3. The number of amides is 2. The molecular formula is C15H26N2O4. The first-order valence-electron chi connectivity index (χ1n) is 7.56. The first-order valence-corrected chi connectivity index (χ1v) is 7.56. The zero-order chi connectivity index (χ0) is 15.8. The van der Waals surface area contributed by atoms with Gasteiger partial charge in [-0.05, 0) is 32.1 Å². The van der Waals surface area contributed by atoms with Crippen molar-refractivity contribution >= 4 is 12.0 Å². The number of morpholine rings is 1. The van der Waals surface area contributed by atoms with Gasteiger partial charge in [-0.2, -0.15) is 0 Å². The van der Waals surface area contributed by atoms with Crippen LogP contribution in [0.3, 0.4) is 0 Å². The minimum atomic E-state index is -0.916. The molecule has 2 fully saturated rings. The molecule has 2 rings (SSSR count). The number of nitrogens with zero attached hydrogens (tertiary/aromatic N) is 2. The summed E-state index contributed by atoms with van der Waals surface area (Å²) in [7, 11) is 0. The van der Waals surface area contributed by atoms with Crippen molar-refractivity contribution in [1.82, 2.24) is 9.80 Å². The van der Waals surface area contributed by atoms with Crippen molar-refractivity contribution in [3.63, 3.8) is 0 Å².